The second kappa shape index (κ2) is 7.97. The summed E-state index contributed by atoms with van der Waals surface area (Å²) in [4.78, 5) is 2.09. The number of alkyl halides is 1. The van der Waals surface area contributed by atoms with Crippen molar-refractivity contribution in [1.82, 2.24) is 4.90 Å². The number of hydrogen-bond donors (Lipinski definition) is 0. The topological polar surface area (TPSA) is 12.5 Å². The van der Waals surface area contributed by atoms with E-state index >= 15 is 0 Å². The number of hydrogen-bond acceptors (Lipinski definition) is 2. The zero-order valence-corrected chi connectivity index (χ0v) is 11.4. The second-order valence-corrected chi connectivity index (χ2v) is 4.35. The van der Waals surface area contributed by atoms with Gasteiger partial charge in [0.05, 0.1) is 18.1 Å². The molecule has 1 aromatic carbocycles. The van der Waals surface area contributed by atoms with Gasteiger partial charge in [0, 0.05) is 6.54 Å². The van der Waals surface area contributed by atoms with Crippen LogP contribution in [0.25, 0.3) is 0 Å². The van der Waals surface area contributed by atoms with E-state index in [9.17, 15) is 4.39 Å². The van der Waals surface area contributed by atoms with E-state index in [1.165, 1.54) is 12.1 Å². The Labute approximate surface area is 113 Å². The van der Waals surface area contributed by atoms with E-state index in [-0.39, 0.29) is 11.7 Å². The molecule has 0 fully saturated rings. The van der Waals surface area contributed by atoms with Crippen LogP contribution in [0.2, 0.25) is 0 Å². The molecular formula is C14H17ClFNO. The molecule has 0 radical (unpaired) electrons. The molecule has 1 rings (SSSR count). The van der Waals surface area contributed by atoms with E-state index in [4.69, 9.17) is 16.3 Å². The molecule has 0 amide bonds. The van der Waals surface area contributed by atoms with Crippen LogP contribution in [0.4, 0.5) is 4.39 Å². The summed E-state index contributed by atoms with van der Waals surface area (Å²) in [5.74, 6) is 6.00. The second-order valence-electron chi connectivity index (χ2n) is 4.08. The van der Waals surface area contributed by atoms with Gasteiger partial charge in [0.2, 0.25) is 0 Å². The van der Waals surface area contributed by atoms with Gasteiger partial charge in [0.1, 0.15) is 11.6 Å². The first-order valence-corrected chi connectivity index (χ1v) is 6.29. The lowest BCUT2D eigenvalue weighted by molar-refractivity contribution is 0.281. The first kappa shape index (κ1) is 14.8. The van der Waals surface area contributed by atoms with Crippen LogP contribution >= 0.6 is 11.6 Å². The molecule has 0 unspecified atom stereocenters. The highest BCUT2D eigenvalue weighted by Gasteiger charge is 2.03. The van der Waals surface area contributed by atoms with Gasteiger partial charge in [-0.2, -0.15) is 0 Å². The molecule has 0 atom stereocenters. The fraction of sp³-hybridized carbons (Fsp3) is 0.429. The predicted octanol–water partition coefficient (Wildman–Crippen LogP) is 2.75. The van der Waals surface area contributed by atoms with E-state index in [1.54, 1.807) is 6.07 Å². The highest BCUT2D eigenvalue weighted by atomic mass is 35.5. The lowest BCUT2D eigenvalue weighted by Crippen LogP contribution is -2.15. The Morgan fingerprint density at radius 1 is 1.39 bits per heavy atom. The van der Waals surface area contributed by atoms with Crippen LogP contribution in [0.5, 0.6) is 5.75 Å². The maximum absolute atomic E-state index is 13.1. The highest BCUT2D eigenvalue weighted by molar-refractivity contribution is 6.19. The van der Waals surface area contributed by atoms with Crippen molar-refractivity contribution in [3.63, 3.8) is 0 Å². The molecular weight excluding hydrogens is 253 g/mol. The average Bonchev–Trinajstić information content (AvgIpc) is 2.33. The number of halogens is 2. The summed E-state index contributed by atoms with van der Waals surface area (Å²) in [6.07, 6.45) is 0.909. The molecule has 0 aliphatic rings. The summed E-state index contributed by atoms with van der Waals surface area (Å²) in [6.45, 7) is 1.53. The summed E-state index contributed by atoms with van der Waals surface area (Å²) < 4.78 is 18.7. The fourth-order valence-corrected chi connectivity index (χ4v) is 1.48. The quantitative estimate of drug-likeness (QED) is 0.463. The van der Waals surface area contributed by atoms with Crippen LogP contribution in [-0.2, 0) is 0 Å². The van der Waals surface area contributed by atoms with Crippen molar-refractivity contribution in [2.75, 3.05) is 33.1 Å². The maximum atomic E-state index is 13.1. The highest BCUT2D eigenvalue weighted by Crippen LogP contribution is 2.18. The molecule has 0 bridgehead atoms. The fourth-order valence-electron chi connectivity index (χ4n) is 1.42. The van der Waals surface area contributed by atoms with Crippen LogP contribution < -0.4 is 4.74 Å². The van der Waals surface area contributed by atoms with Crippen LogP contribution in [0.1, 0.15) is 12.0 Å². The predicted molar refractivity (Wildman–Crippen MR) is 72.7 cm³/mol. The Morgan fingerprint density at radius 2 is 2.17 bits per heavy atom. The van der Waals surface area contributed by atoms with Gasteiger partial charge in [-0.3, -0.25) is 0 Å². The zero-order valence-electron chi connectivity index (χ0n) is 10.7. The summed E-state index contributed by atoms with van der Waals surface area (Å²) in [6, 6.07) is 4.33. The van der Waals surface area contributed by atoms with E-state index in [0.29, 0.717) is 17.9 Å². The van der Waals surface area contributed by atoms with Crippen molar-refractivity contribution >= 4 is 11.6 Å². The number of benzene rings is 1. The lowest BCUT2D eigenvalue weighted by atomic mass is 10.2. The van der Waals surface area contributed by atoms with Crippen molar-refractivity contribution < 1.29 is 9.13 Å². The summed E-state index contributed by atoms with van der Waals surface area (Å²) in [5.41, 5.74) is 0.542. The Morgan fingerprint density at radius 3 is 2.83 bits per heavy atom. The molecule has 0 aromatic heterocycles. The molecule has 0 saturated carbocycles. The van der Waals surface area contributed by atoms with Crippen LogP contribution in [0, 0.1) is 17.7 Å². The monoisotopic (exact) mass is 269 g/mol. The SMILES string of the molecule is CN(C)CCCOc1ccc(F)cc1C#CCCl. The van der Waals surface area contributed by atoms with Crippen LogP contribution in [0.3, 0.4) is 0 Å². The van der Waals surface area contributed by atoms with E-state index in [0.717, 1.165) is 13.0 Å². The smallest absolute Gasteiger partial charge is 0.135 e. The van der Waals surface area contributed by atoms with Crippen molar-refractivity contribution in [1.29, 1.82) is 0 Å². The molecule has 18 heavy (non-hydrogen) atoms. The van der Waals surface area contributed by atoms with Crippen LogP contribution in [-0.4, -0.2) is 38.0 Å². The first-order valence-electron chi connectivity index (χ1n) is 5.75. The molecule has 0 aliphatic heterocycles. The minimum atomic E-state index is -0.325. The van der Waals surface area contributed by atoms with E-state index in [1.807, 2.05) is 14.1 Å². The molecule has 98 valence electrons. The van der Waals surface area contributed by atoms with Gasteiger partial charge in [-0.15, -0.1) is 11.6 Å². The van der Waals surface area contributed by atoms with Gasteiger partial charge in [0.15, 0.2) is 0 Å². The normalized spacial score (nSPS) is 10.1. The first-order chi connectivity index (χ1) is 8.63. The molecule has 2 nitrogen and oxygen atoms in total. The van der Waals surface area contributed by atoms with Gasteiger partial charge in [-0.1, -0.05) is 11.8 Å². The van der Waals surface area contributed by atoms with Gasteiger partial charge < -0.3 is 9.64 Å². The Bertz CT molecular complexity index is 437. The van der Waals surface area contributed by atoms with Gasteiger partial charge >= 0.3 is 0 Å². The van der Waals surface area contributed by atoms with E-state index < -0.39 is 0 Å². The van der Waals surface area contributed by atoms with Crippen LogP contribution in [0.15, 0.2) is 18.2 Å². The van der Waals surface area contributed by atoms with Crippen molar-refractivity contribution in [2.24, 2.45) is 0 Å². The maximum Gasteiger partial charge on any atom is 0.135 e. The third kappa shape index (κ3) is 5.39. The summed E-state index contributed by atoms with van der Waals surface area (Å²) in [7, 11) is 4.02. The minimum Gasteiger partial charge on any atom is -0.492 e. The van der Waals surface area contributed by atoms with Gasteiger partial charge in [0.25, 0.3) is 0 Å². The largest absolute Gasteiger partial charge is 0.492 e. The van der Waals surface area contributed by atoms with Gasteiger partial charge in [-0.05, 0) is 38.7 Å². The third-order valence-corrected chi connectivity index (χ3v) is 2.37. The molecule has 0 saturated heterocycles. The Hall–Kier alpha value is -1.24. The van der Waals surface area contributed by atoms with Gasteiger partial charge in [-0.25, -0.2) is 4.39 Å². The third-order valence-electron chi connectivity index (χ3n) is 2.24. The number of nitrogens with zero attached hydrogens (tertiary/aromatic N) is 1. The summed E-state index contributed by atoms with van der Waals surface area (Å²) >= 11 is 5.49. The molecule has 0 aliphatic carbocycles. The molecule has 4 heteroatoms. The molecule has 0 heterocycles. The molecule has 0 spiro atoms. The van der Waals surface area contributed by atoms with E-state index in [2.05, 4.69) is 16.7 Å². The van der Waals surface area contributed by atoms with Crippen molar-refractivity contribution in [2.45, 2.75) is 6.42 Å². The number of ether oxygens (including phenoxy) is 1. The summed E-state index contributed by atoms with van der Waals surface area (Å²) in [5, 5.41) is 0. The zero-order chi connectivity index (χ0) is 13.4. The Kier molecular flexibility index (Phi) is 6.56. The lowest BCUT2D eigenvalue weighted by Gasteiger charge is -2.11. The van der Waals surface area contributed by atoms with Crippen molar-refractivity contribution in [3.8, 4) is 17.6 Å². The standard InChI is InChI=1S/C14H17ClFNO/c1-17(2)9-4-10-18-14-7-6-13(16)11-12(14)5-3-8-15/h6-7,11H,4,8-10H2,1-2H3. The number of rotatable bonds is 5. The van der Waals surface area contributed by atoms with Crippen molar-refractivity contribution in [3.05, 3.63) is 29.6 Å². The average molecular weight is 270 g/mol. The Balaban J connectivity index is 2.63. The molecule has 1 aromatic rings. The minimum absolute atomic E-state index is 0.219. The molecule has 0 N–H and O–H groups in total.